The summed E-state index contributed by atoms with van der Waals surface area (Å²) in [6, 6.07) is 12.6. The van der Waals surface area contributed by atoms with Crippen LogP contribution >= 0.6 is 15.9 Å². The van der Waals surface area contributed by atoms with E-state index in [2.05, 4.69) is 22.0 Å². The maximum atomic E-state index is 9.70. The van der Waals surface area contributed by atoms with E-state index < -0.39 is 5.92 Å². The Kier molecular flexibility index (Phi) is 4.36. The molecule has 0 saturated heterocycles. The smallest absolute Gasteiger partial charge is 0.205 e. The fourth-order valence-electron chi connectivity index (χ4n) is 2.80. The Morgan fingerprint density at radius 3 is 2.79 bits per heavy atom. The van der Waals surface area contributed by atoms with Gasteiger partial charge < -0.3 is 20.3 Å². The summed E-state index contributed by atoms with van der Waals surface area (Å²) in [5.41, 5.74) is 7.81. The fourth-order valence-corrected chi connectivity index (χ4v) is 3.17. The summed E-state index contributed by atoms with van der Waals surface area (Å²) < 4.78 is 12.1. The maximum Gasteiger partial charge on any atom is 0.205 e. The summed E-state index contributed by atoms with van der Waals surface area (Å²) in [6.07, 6.45) is 0. The molecule has 3 N–H and O–H groups in total. The van der Waals surface area contributed by atoms with Gasteiger partial charge in [0.2, 0.25) is 5.88 Å². The van der Waals surface area contributed by atoms with Crippen LogP contribution in [0.1, 0.15) is 24.0 Å². The highest BCUT2D eigenvalue weighted by atomic mass is 79.9. The second-order valence-electron chi connectivity index (χ2n) is 5.26. The topological polar surface area (TPSA) is 88.5 Å². The van der Waals surface area contributed by atoms with Gasteiger partial charge in [0.25, 0.3) is 0 Å². The van der Waals surface area contributed by atoms with Crippen molar-refractivity contribution >= 4 is 15.9 Å². The van der Waals surface area contributed by atoms with Gasteiger partial charge in [0.1, 0.15) is 28.9 Å². The van der Waals surface area contributed by atoms with Crippen molar-refractivity contribution in [1.29, 1.82) is 5.26 Å². The van der Waals surface area contributed by atoms with Gasteiger partial charge >= 0.3 is 0 Å². The molecule has 2 aromatic carbocycles. The van der Waals surface area contributed by atoms with Gasteiger partial charge in [-0.3, -0.25) is 0 Å². The first-order valence-electron chi connectivity index (χ1n) is 7.38. The minimum Gasteiger partial charge on any atom is -0.508 e. The van der Waals surface area contributed by atoms with E-state index >= 15 is 0 Å². The van der Waals surface area contributed by atoms with Crippen molar-refractivity contribution < 1.29 is 14.6 Å². The van der Waals surface area contributed by atoms with Gasteiger partial charge in [-0.1, -0.05) is 22.0 Å². The molecule has 0 unspecified atom stereocenters. The summed E-state index contributed by atoms with van der Waals surface area (Å²) in [7, 11) is 0. The van der Waals surface area contributed by atoms with Crippen molar-refractivity contribution in [3.8, 4) is 23.3 Å². The standard InChI is InChI=1S/C18H15BrN2O3/c1-2-23-15-6-3-10(19)7-13(15)17-12-5-4-11(22)8-16(12)24-18(21)14(17)9-20/h3-8,17,22H,2,21H2,1H3/t17-/m1/s1. The van der Waals surface area contributed by atoms with Crippen LogP contribution in [-0.4, -0.2) is 11.7 Å². The van der Waals surface area contributed by atoms with Crippen LogP contribution in [0.3, 0.4) is 0 Å². The third-order valence-corrected chi connectivity index (χ3v) is 4.28. The molecule has 0 saturated carbocycles. The predicted molar refractivity (Wildman–Crippen MR) is 92.7 cm³/mol. The molecule has 1 aliphatic heterocycles. The molecule has 0 bridgehead atoms. The largest absolute Gasteiger partial charge is 0.508 e. The lowest BCUT2D eigenvalue weighted by Gasteiger charge is -2.27. The number of ether oxygens (including phenoxy) is 2. The number of nitrogens with zero attached hydrogens (tertiary/aromatic N) is 1. The number of phenolic OH excluding ortho intramolecular Hbond substituents is 1. The number of halogens is 1. The van der Waals surface area contributed by atoms with Crippen LogP contribution in [0.25, 0.3) is 0 Å². The van der Waals surface area contributed by atoms with E-state index in [9.17, 15) is 10.4 Å². The third kappa shape index (κ3) is 2.79. The SMILES string of the molecule is CCOc1ccc(Br)cc1[C@@H]1C(C#N)=C(N)Oc2cc(O)ccc21. The van der Waals surface area contributed by atoms with E-state index in [-0.39, 0.29) is 11.6 Å². The first kappa shape index (κ1) is 16.2. The molecule has 2 aromatic rings. The van der Waals surface area contributed by atoms with E-state index in [0.717, 1.165) is 15.6 Å². The fraction of sp³-hybridized carbons (Fsp3) is 0.167. The minimum atomic E-state index is -0.432. The molecule has 0 aliphatic carbocycles. The average Bonchev–Trinajstić information content (AvgIpc) is 2.55. The van der Waals surface area contributed by atoms with Gasteiger partial charge in [-0.25, -0.2) is 0 Å². The first-order valence-corrected chi connectivity index (χ1v) is 8.17. The number of benzene rings is 2. The highest BCUT2D eigenvalue weighted by Crippen LogP contribution is 2.46. The lowest BCUT2D eigenvalue weighted by Crippen LogP contribution is -2.21. The van der Waals surface area contributed by atoms with E-state index in [4.69, 9.17) is 15.2 Å². The molecular weight excluding hydrogens is 372 g/mol. The highest BCUT2D eigenvalue weighted by molar-refractivity contribution is 9.10. The molecule has 5 nitrogen and oxygen atoms in total. The number of fused-ring (bicyclic) bond motifs is 1. The summed E-state index contributed by atoms with van der Waals surface area (Å²) in [6.45, 7) is 2.40. The quantitative estimate of drug-likeness (QED) is 0.837. The van der Waals surface area contributed by atoms with Gasteiger partial charge in [0, 0.05) is 21.7 Å². The van der Waals surface area contributed by atoms with Crippen LogP contribution in [0.5, 0.6) is 17.2 Å². The average molecular weight is 387 g/mol. The predicted octanol–water partition coefficient (Wildman–Crippen LogP) is 3.77. The Labute approximate surface area is 148 Å². The second kappa shape index (κ2) is 6.46. The van der Waals surface area contributed by atoms with E-state index in [0.29, 0.717) is 23.7 Å². The number of hydrogen-bond donors (Lipinski definition) is 2. The molecule has 0 aromatic heterocycles. The number of nitriles is 1. The normalized spacial score (nSPS) is 16.1. The molecule has 1 atom stereocenters. The van der Waals surface area contributed by atoms with Crippen LogP contribution in [0.15, 0.2) is 52.3 Å². The minimum absolute atomic E-state index is 0.0306. The Morgan fingerprint density at radius 2 is 2.08 bits per heavy atom. The van der Waals surface area contributed by atoms with Crippen LogP contribution in [0, 0.1) is 11.3 Å². The lowest BCUT2D eigenvalue weighted by molar-refractivity contribution is 0.334. The van der Waals surface area contributed by atoms with Gasteiger partial charge in [-0.15, -0.1) is 0 Å². The number of phenols is 1. The number of hydrogen-bond acceptors (Lipinski definition) is 5. The van der Waals surface area contributed by atoms with Gasteiger partial charge in [0.15, 0.2) is 0 Å². The van der Waals surface area contributed by atoms with Crippen molar-refractivity contribution in [2.45, 2.75) is 12.8 Å². The second-order valence-corrected chi connectivity index (χ2v) is 6.18. The molecule has 0 spiro atoms. The summed E-state index contributed by atoms with van der Waals surface area (Å²) in [4.78, 5) is 0. The lowest BCUT2D eigenvalue weighted by atomic mass is 9.83. The molecule has 0 fully saturated rings. The molecule has 0 amide bonds. The van der Waals surface area contributed by atoms with Gasteiger partial charge in [-0.05, 0) is 31.2 Å². The molecule has 1 aliphatic rings. The Bertz CT molecular complexity index is 871. The van der Waals surface area contributed by atoms with Crippen LogP contribution in [-0.2, 0) is 0 Å². The maximum absolute atomic E-state index is 9.70. The van der Waals surface area contributed by atoms with Crippen LogP contribution in [0.4, 0.5) is 0 Å². The molecule has 0 radical (unpaired) electrons. The van der Waals surface area contributed by atoms with Crippen molar-refractivity contribution in [1.82, 2.24) is 0 Å². The number of nitrogens with two attached hydrogens (primary N) is 1. The first-order chi connectivity index (χ1) is 11.5. The third-order valence-electron chi connectivity index (χ3n) is 3.79. The number of allylic oxidation sites excluding steroid dienone is 1. The summed E-state index contributed by atoms with van der Waals surface area (Å²) >= 11 is 3.47. The van der Waals surface area contributed by atoms with Crippen LogP contribution < -0.4 is 15.2 Å². The molecule has 24 heavy (non-hydrogen) atoms. The zero-order valence-corrected chi connectivity index (χ0v) is 14.5. The molecule has 6 heteroatoms. The van der Waals surface area contributed by atoms with E-state index in [1.54, 1.807) is 12.1 Å². The van der Waals surface area contributed by atoms with Gasteiger partial charge in [-0.2, -0.15) is 5.26 Å². The zero-order chi connectivity index (χ0) is 17.3. The number of rotatable bonds is 3. The monoisotopic (exact) mass is 386 g/mol. The van der Waals surface area contributed by atoms with E-state index in [1.165, 1.54) is 6.07 Å². The van der Waals surface area contributed by atoms with Crippen molar-refractivity contribution in [3.63, 3.8) is 0 Å². The molecule has 1 heterocycles. The molecule has 122 valence electrons. The van der Waals surface area contributed by atoms with Crippen molar-refractivity contribution in [2.75, 3.05) is 6.61 Å². The Morgan fingerprint density at radius 1 is 1.29 bits per heavy atom. The molecular formula is C18H15BrN2O3. The summed E-state index contributed by atoms with van der Waals surface area (Å²) in [5.74, 6) is 0.771. The summed E-state index contributed by atoms with van der Waals surface area (Å²) in [5, 5.41) is 19.3. The number of aromatic hydroxyl groups is 1. The Hall–Kier alpha value is -2.65. The highest BCUT2D eigenvalue weighted by Gasteiger charge is 2.32. The van der Waals surface area contributed by atoms with Gasteiger partial charge in [0.05, 0.1) is 12.5 Å². The Balaban J connectivity index is 2.26. The van der Waals surface area contributed by atoms with Crippen LogP contribution in [0.2, 0.25) is 0 Å². The van der Waals surface area contributed by atoms with E-state index in [1.807, 2.05) is 25.1 Å². The van der Waals surface area contributed by atoms with Crippen molar-refractivity contribution in [3.05, 3.63) is 63.5 Å². The van der Waals surface area contributed by atoms with Crippen molar-refractivity contribution in [2.24, 2.45) is 5.73 Å². The molecule has 3 rings (SSSR count). The zero-order valence-electron chi connectivity index (χ0n) is 12.9.